The number of hydrogen-bond acceptors (Lipinski definition) is 3. The lowest BCUT2D eigenvalue weighted by atomic mass is 10.0. The quantitative estimate of drug-likeness (QED) is 0.449. The van der Waals surface area contributed by atoms with Gasteiger partial charge in [0.05, 0.1) is 15.6 Å². The lowest BCUT2D eigenvalue weighted by Gasteiger charge is -2.09. The van der Waals surface area contributed by atoms with Gasteiger partial charge < -0.3 is 4.57 Å². The molecule has 0 amide bonds. The summed E-state index contributed by atoms with van der Waals surface area (Å²) in [5.74, 6) is -0.977. The minimum Gasteiger partial charge on any atom is -0.322 e. The highest BCUT2D eigenvalue weighted by molar-refractivity contribution is 6.41. The summed E-state index contributed by atoms with van der Waals surface area (Å²) in [5.41, 5.74) is -0.526. The van der Waals surface area contributed by atoms with Crippen molar-refractivity contribution in [2.24, 2.45) is 0 Å². The Labute approximate surface area is 144 Å². The van der Waals surface area contributed by atoms with E-state index in [1.54, 1.807) is 6.07 Å². The Hall–Kier alpha value is -2.30. The predicted molar refractivity (Wildman–Crippen MR) is 82.7 cm³/mol. The highest BCUT2D eigenvalue weighted by Crippen LogP contribution is 2.27. The van der Waals surface area contributed by atoms with Crippen molar-refractivity contribution < 1.29 is 18.0 Å². The minimum atomic E-state index is -4.47. The van der Waals surface area contributed by atoms with Gasteiger partial charge in [-0.2, -0.15) is 18.4 Å². The first kappa shape index (κ1) is 18.0. The molecule has 0 N–H and O–H groups in total. The molecule has 2 aromatic rings. The van der Waals surface area contributed by atoms with Gasteiger partial charge >= 0.3 is 6.18 Å². The number of alkyl halides is 3. The molecular formula is C15H8Cl2F3N3O. The van der Waals surface area contributed by atoms with Gasteiger partial charge in [-0.25, -0.2) is 4.98 Å². The van der Waals surface area contributed by atoms with Crippen LogP contribution in [0.5, 0.6) is 0 Å². The maximum Gasteiger partial charge on any atom is 0.406 e. The van der Waals surface area contributed by atoms with Crippen LogP contribution in [0.3, 0.4) is 0 Å². The molecule has 0 saturated carbocycles. The molecule has 0 aliphatic carbocycles. The molecule has 1 aromatic carbocycles. The summed E-state index contributed by atoms with van der Waals surface area (Å²) in [4.78, 5) is 16.1. The number of Topliss-reactive ketones (excluding diaryl/α,β-unsaturated/α-hetero) is 1. The zero-order valence-electron chi connectivity index (χ0n) is 11.8. The molecule has 0 atom stereocenters. The lowest BCUT2D eigenvalue weighted by Crippen LogP contribution is -2.18. The topological polar surface area (TPSA) is 58.7 Å². The van der Waals surface area contributed by atoms with E-state index in [1.165, 1.54) is 18.2 Å². The third-order valence-electron chi connectivity index (χ3n) is 2.93. The average Bonchev–Trinajstić information content (AvgIpc) is 2.89. The number of allylic oxidation sites excluding steroid dienone is 1. The van der Waals surface area contributed by atoms with Crippen molar-refractivity contribution in [1.29, 1.82) is 5.26 Å². The second-order valence-electron chi connectivity index (χ2n) is 4.62. The van der Waals surface area contributed by atoms with Gasteiger partial charge in [-0.05, 0) is 12.1 Å². The number of rotatable bonds is 4. The van der Waals surface area contributed by atoms with Crippen LogP contribution in [0.15, 0.2) is 36.2 Å². The molecule has 0 radical (unpaired) electrons. The highest BCUT2D eigenvalue weighted by Gasteiger charge is 2.29. The zero-order valence-corrected chi connectivity index (χ0v) is 13.3. The van der Waals surface area contributed by atoms with Gasteiger partial charge in [0, 0.05) is 18.5 Å². The van der Waals surface area contributed by atoms with Gasteiger partial charge in [0.15, 0.2) is 0 Å². The van der Waals surface area contributed by atoms with E-state index in [9.17, 15) is 23.2 Å². The fraction of sp³-hybridized carbons (Fsp3) is 0.133. The van der Waals surface area contributed by atoms with Gasteiger partial charge in [0.2, 0.25) is 5.78 Å². The molecule has 0 spiro atoms. The van der Waals surface area contributed by atoms with Crippen LogP contribution in [0.1, 0.15) is 16.2 Å². The Morgan fingerprint density at radius 2 is 1.96 bits per heavy atom. The van der Waals surface area contributed by atoms with Crippen molar-refractivity contribution in [3.8, 4) is 6.07 Å². The number of benzene rings is 1. The number of halogens is 5. The first-order chi connectivity index (χ1) is 11.2. The van der Waals surface area contributed by atoms with Crippen LogP contribution in [0.25, 0.3) is 6.08 Å². The van der Waals surface area contributed by atoms with Crippen molar-refractivity contribution in [2.75, 3.05) is 0 Å². The monoisotopic (exact) mass is 373 g/mol. The van der Waals surface area contributed by atoms with E-state index >= 15 is 0 Å². The summed E-state index contributed by atoms with van der Waals surface area (Å²) in [7, 11) is 0. The summed E-state index contributed by atoms with van der Waals surface area (Å²) in [6.07, 6.45) is -1.26. The lowest BCUT2D eigenvalue weighted by molar-refractivity contribution is -0.140. The van der Waals surface area contributed by atoms with Crippen molar-refractivity contribution in [2.45, 2.75) is 12.7 Å². The van der Waals surface area contributed by atoms with E-state index in [2.05, 4.69) is 4.98 Å². The summed E-state index contributed by atoms with van der Waals surface area (Å²) in [6, 6.07) is 6.00. The maximum atomic E-state index is 12.5. The van der Waals surface area contributed by atoms with E-state index in [0.717, 1.165) is 23.0 Å². The summed E-state index contributed by atoms with van der Waals surface area (Å²) in [5, 5.41) is 9.25. The molecule has 4 nitrogen and oxygen atoms in total. The fourth-order valence-electron chi connectivity index (χ4n) is 1.91. The highest BCUT2D eigenvalue weighted by atomic mass is 35.5. The predicted octanol–water partition coefficient (Wildman–Crippen LogP) is 4.54. The Morgan fingerprint density at radius 3 is 2.50 bits per heavy atom. The molecule has 0 saturated heterocycles. The molecule has 2 rings (SSSR count). The summed E-state index contributed by atoms with van der Waals surface area (Å²) in [6.45, 7) is -1.29. The third kappa shape index (κ3) is 4.16. The van der Waals surface area contributed by atoms with Crippen LogP contribution in [0, 0.1) is 11.3 Å². The van der Waals surface area contributed by atoms with Gasteiger partial charge in [0.25, 0.3) is 0 Å². The summed E-state index contributed by atoms with van der Waals surface area (Å²) < 4.78 is 38.3. The average molecular weight is 374 g/mol. The number of carbonyl (C=O) groups excluding carboxylic acids is 1. The first-order valence-electron chi connectivity index (χ1n) is 6.41. The van der Waals surface area contributed by atoms with Gasteiger partial charge in [-0.15, -0.1) is 0 Å². The van der Waals surface area contributed by atoms with Gasteiger partial charge in [-0.1, -0.05) is 29.3 Å². The standard InChI is InChI=1S/C15H8Cl2F3N3O/c16-10-2-1-3-11(17)13(10)14(24)9(7-21)6-12-22-4-5-23(12)8-15(18,19)20/h1-6H,8H2/b9-6-. The smallest absolute Gasteiger partial charge is 0.322 e. The largest absolute Gasteiger partial charge is 0.406 e. The van der Waals surface area contributed by atoms with Crippen molar-refractivity contribution in [1.82, 2.24) is 9.55 Å². The molecule has 124 valence electrons. The van der Waals surface area contributed by atoms with E-state index in [4.69, 9.17) is 23.2 Å². The Balaban J connectivity index is 2.43. The molecule has 1 heterocycles. The van der Waals surface area contributed by atoms with Crippen molar-refractivity contribution in [3.63, 3.8) is 0 Å². The fourth-order valence-corrected chi connectivity index (χ4v) is 2.48. The van der Waals surface area contributed by atoms with E-state index in [1.807, 2.05) is 0 Å². The second kappa shape index (κ2) is 7.07. The van der Waals surface area contributed by atoms with E-state index < -0.39 is 24.1 Å². The number of ketones is 1. The minimum absolute atomic E-state index is 0.0345. The Bertz CT molecular complexity index is 830. The van der Waals surface area contributed by atoms with E-state index in [-0.39, 0.29) is 21.4 Å². The van der Waals surface area contributed by atoms with Crippen LogP contribution < -0.4 is 0 Å². The number of carbonyl (C=O) groups is 1. The van der Waals surface area contributed by atoms with Gasteiger partial charge in [0.1, 0.15) is 24.0 Å². The van der Waals surface area contributed by atoms with Crippen LogP contribution in [-0.2, 0) is 6.54 Å². The maximum absolute atomic E-state index is 12.5. The molecule has 9 heteroatoms. The molecule has 0 unspecified atom stereocenters. The summed E-state index contributed by atoms with van der Waals surface area (Å²) >= 11 is 11.8. The SMILES string of the molecule is N#C/C(=C/c1nccn1CC(F)(F)F)C(=O)c1c(Cl)cccc1Cl. The van der Waals surface area contributed by atoms with Crippen LogP contribution in [0.4, 0.5) is 13.2 Å². The second-order valence-corrected chi connectivity index (χ2v) is 5.44. The van der Waals surface area contributed by atoms with Crippen LogP contribution in [0.2, 0.25) is 10.0 Å². The zero-order chi connectivity index (χ0) is 17.9. The molecule has 0 fully saturated rings. The molecular weight excluding hydrogens is 366 g/mol. The van der Waals surface area contributed by atoms with Crippen LogP contribution >= 0.6 is 23.2 Å². The number of nitriles is 1. The molecule has 24 heavy (non-hydrogen) atoms. The Morgan fingerprint density at radius 1 is 1.33 bits per heavy atom. The first-order valence-corrected chi connectivity index (χ1v) is 7.17. The van der Waals surface area contributed by atoms with Crippen molar-refractivity contribution in [3.05, 3.63) is 57.6 Å². The molecule has 0 aliphatic heterocycles. The van der Waals surface area contributed by atoms with Crippen molar-refractivity contribution >= 4 is 35.1 Å². The molecule has 0 aliphatic rings. The van der Waals surface area contributed by atoms with Crippen LogP contribution in [-0.4, -0.2) is 21.5 Å². The molecule has 1 aromatic heterocycles. The van der Waals surface area contributed by atoms with E-state index in [0.29, 0.717) is 0 Å². The number of nitrogens with zero attached hydrogens (tertiary/aromatic N) is 3. The number of hydrogen-bond donors (Lipinski definition) is 0. The normalized spacial score (nSPS) is 12.1. The van der Waals surface area contributed by atoms with Gasteiger partial charge in [-0.3, -0.25) is 4.79 Å². The Kier molecular flexibility index (Phi) is 5.32. The molecule has 0 bridgehead atoms. The third-order valence-corrected chi connectivity index (χ3v) is 3.56. The number of imidazole rings is 1. The number of aromatic nitrogens is 2.